The Morgan fingerprint density at radius 1 is 0.800 bits per heavy atom. The van der Waals surface area contributed by atoms with E-state index >= 15 is 0 Å². The van der Waals surface area contributed by atoms with E-state index in [-0.39, 0.29) is 5.92 Å². The number of para-hydroxylation sites is 1. The summed E-state index contributed by atoms with van der Waals surface area (Å²) in [5, 5.41) is 3.93. The first-order chi connectivity index (χ1) is 12.3. The standard InChI is InChI=1S/C24H19N/c1-25-23-9-5-4-8-21(23)22-15-14-19-11-10-17-6-2-3-7-18(17)12-13-20(19)16-24(22)25/h2-16,20H,1H3. The van der Waals surface area contributed by atoms with Crippen molar-refractivity contribution in [1.29, 1.82) is 0 Å². The second-order valence-corrected chi connectivity index (χ2v) is 6.72. The van der Waals surface area contributed by atoms with Crippen LogP contribution in [0.15, 0.2) is 72.3 Å². The molecule has 0 radical (unpaired) electrons. The molecule has 1 heteroatoms. The lowest BCUT2D eigenvalue weighted by Crippen LogP contribution is -2.27. The third-order valence-electron chi connectivity index (χ3n) is 5.29. The van der Waals surface area contributed by atoms with Gasteiger partial charge in [-0.3, -0.25) is 0 Å². The fourth-order valence-corrected chi connectivity index (χ4v) is 3.92. The van der Waals surface area contributed by atoms with Crippen LogP contribution in [0.2, 0.25) is 0 Å². The molecule has 0 N–H and O–H groups in total. The Morgan fingerprint density at radius 2 is 1.56 bits per heavy atom. The lowest BCUT2D eigenvalue weighted by Gasteiger charge is -2.13. The van der Waals surface area contributed by atoms with Crippen molar-refractivity contribution in [3.8, 4) is 0 Å². The molecule has 0 fully saturated rings. The van der Waals surface area contributed by atoms with Crippen molar-refractivity contribution >= 4 is 35.2 Å². The van der Waals surface area contributed by atoms with E-state index in [9.17, 15) is 0 Å². The van der Waals surface area contributed by atoms with Crippen LogP contribution < -0.4 is 10.6 Å². The highest BCUT2D eigenvalue weighted by Gasteiger charge is 2.13. The van der Waals surface area contributed by atoms with Gasteiger partial charge in [-0.2, -0.15) is 0 Å². The molecule has 2 aliphatic carbocycles. The lowest BCUT2D eigenvalue weighted by atomic mass is 9.92. The molecule has 1 unspecified atom stereocenters. The van der Waals surface area contributed by atoms with E-state index in [1.165, 1.54) is 38.2 Å². The van der Waals surface area contributed by atoms with E-state index in [0.29, 0.717) is 0 Å². The topological polar surface area (TPSA) is 4.93 Å². The molecule has 2 aliphatic rings. The Labute approximate surface area is 147 Å². The fourth-order valence-electron chi connectivity index (χ4n) is 3.92. The summed E-state index contributed by atoms with van der Waals surface area (Å²) in [5.74, 6) is 0.283. The van der Waals surface area contributed by atoms with Crippen molar-refractivity contribution in [2.24, 2.45) is 13.0 Å². The van der Waals surface area contributed by atoms with Crippen LogP contribution in [-0.2, 0) is 7.05 Å². The minimum atomic E-state index is 0.283. The Hall–Kier alpha value is -3.06. The highest BCUT2D eigenvalue weighted by Crippen LogP contribution is 2.25. The van der Waals surface area contributed by atoms with Crippen LogP contribution in [0.1, 0.15) is 11.1 Å². The van der Waals surface area contributed by atoms with Crippen molar-refractivity contribution in [3.05, 3.63) is 94.0 Å². The van der Waals surface area contributed by atoms with E-state index in [2.05, 4.69) is 103 Å². The Bertz CT molecular complexity index is 1200. The highest BCUT2D eigenvalue weighted by atomic mass is 14.9. The molecule has 1 nitrogen and oxygen atoms in total. The number of nitrogens with zero attached hydrogens (tertiary/aromatic N) is 1. The highest BCUT2D eigenvalue weighted by molar-refractivity contribution is 5.83. The molecule has 0 aliphatic heterocycles. The zero-order chi connectivity index (χ0) is 16.8. The zero-order valence-electron chi connectivity index (χ0n) is 14.2. The number of rotatable bonds is 0. The summed E-state index contributed by atoms with van der Waals surface area (Å²) in [5.41, 5.74) is 5.15. The van der Waals surface area contributed by atoms with Gasteiger partial charge in [0.25, 0.3) is 0 Å². The smallest absolute Gasteiger partial charge is 0.0488 e. The largest absolute Gasteiger partial charge is 0.344 e. The molecule has 0 saturated carbocycles. The maximum atomic E-state index is 2.39. The number of aromatic nitrogens is 1. The van der Waals surface area contributed by atoms with Gasteiger partial charge in [-0.15, -0.1) is 0 Å². The molecule has 5 rings (SSSR count). The monoisotopic (exact) mass is 321 g/mol. The van der Waals surface area contributed by atoms with Gasteiger partial charge in [0.05, 0.1) is 0 Å². The van der Waals surface area contributed by atoms with E-state index in [1.807, 2.05) is 0 Å². The van der Waals surface area contributed by atoms with Crippen molar-refractivity contribution in [2.45, 2.75) is 0 Å². The van der Waals surface area contributed by atoms with Crippen molar-refractivity contribution in [2.75, 3.05) is 0 Å². The lowest BCUT2D eigenvalue weighted by molar-refractivity contribution is 0.912. The molecular formula is C24H19N. The summed E-state index contributed by atoms with van der Waals surface area (Å²) in [4.78, 5) is 0. The third kappa shape index (κ3) is 2.24. The average Bonchev–Trinajstić information content (AvgIpc) is 2.78. The van der Waals surface area contributed by atoms with E-state index in [1.54, 1.807) is 0 Å². The Balaban J connectivity index is 1.78. The first-order valence-corrected chi connectivity index (χ1v) is 8.74. The first kappa shape index (κ1) is 14.3. The van der Waals surface area contributed by atoms with Gasteiger partial charge in [0.15, 0.2) is 0 Å². The molecule has 0 bridgehead atoms. The third-order valence-corrected chi connectivity index (χ3v) is 5.29. The molecule has 0 spiro atoms. The van der Waals surface area contributed by atoms with E-state index in [4.69, 9.17) is 0 Å². The maximum absolute atomic E-state index is 2.39. The number of benzene rings is 2. The van der Waals surface area contributed by atoms with Crippen molar-refractivity contribution in [3.63, 3.8) is 0 Å². The predicted molar refractivity (Wildman–Crippen MR) is 107 cm³/mol. The van der Waals surface area contributed by atoms with Crippen LogP contribution >= 0.6 is 0 Å². The molecule has 0 saturated heterocycles. The molecule has 120 valence electrons. The van der Waals surface area contributed by atoms with Gasteiger partial charge >= 0.3 is 0 Å². The normalized spacial score (nSPS) is 18.0. The Morgan fingerprint density at radius 3 is 2.44 bits per heavy atom. The average molecular weight is 321 g/mol. The summed E-state index contributed by atoms with van der Waals surface area (Å²) in [7, 11) is 2.16. The summed E-state index contributed by atoms with van der Waals surface area (Å²) in [6.45, 7) is 0. The van der Waals surface area contributed by atoms with E-state index in [0.717, 1.165) is 0 Å². The van der Waals surface area contributed by atoms with Gasteiger partial charge in [-0.25, -0.2) is 0 Å². The number of aryl methyl sites for hydroxylation is 1. The van der Waals surface area contributed by atoms with Gasteiger partial charge in [-0.1, -0.05) is 78.9 Å². The molecule has 2 aromatic carbocycles. The van der Waals surface area contributed by atoms with Crippen LogP contribution in [0.4, 0.5) is 0 Å². The SMILES string of the molecule is Cn1c2c(c3ccccc31)=CC=C1C=Cc3ccccc3C=CC1C=2. The number of allylic oxidation sites excluding steroid dienone is 4. The maximum Gasteiger partial charge on any atom is 0.0488 e. The van der Waals surface area contributed by atoms with Crippen LogP contribution in [0, 0.1) is 5.92 Å². The van der Waals surface area contributed by atoms with Crippen molar-refractivity contribution < 1.29 is 0 Å². The number of hydrogen-bond acceptors (Lipinski definition) is 0. The second kappa shape index (κ2) is 5.49. The number of fused-ring (bicyclic) bond motifs is 5. The van der Waals surface area contributed by atoms with Crippen LogP contribution in [0.5, 0.6) is 0 Å². The second-order valence-electron chi connectivity index (χ2n) is 6.72. The van der Waals surface area contributed by atoms with Crippen LogP contribution in [0.3, 0.4) is 0 Å². The van der Waals surface area contributed by atoms with Crippen LogP contribution in [-0.4, -0.2) is 4.57 Å². The van der Waals surface area contributed by atoms with Gasteiger partial charge in [0.1, 0.15) is 0 Å². The molecule has 3 aromatic rings. The Kier molecular flexibility index (Phi) is 3.14. The molecule has 0 amide bonds. The molecule has 1 aromatic heterocycles. The van der Waals surface area contributed by atoms with Gasteiger partial charge in [0.2, 0.25) is 0 Å². The summed E-state index contributed by atoms with van der Waals surface area (Å²) < 4.78 is 2.31. The number of hydrogen-bond donors (Lipinski definition) is 0. The quantitative estimate of drug-likeness (QED) is 0.589. The molecule has 1 atom stereocenters. The predicted octanol–water partition coefficient (Wildman–Crippen LogP) is 4.04. The summed E-state index contributed by atoms with van der Waals surface area (Å²) >= 11 is 0. The molecule has 25 heavy (non-hydrogen) atoms. The fraction of sp³-hybridized carbons (Fsp3) is 0.0833. The molecular weight excluding hydrogens is 302 g/mol. The van der Waals surface area contributed by atoms with Crippen molar-refractivity contribution in [1.82, 2.24) is 4.57 Å². The summed E-state index contributed by atoms with van der Waals surface area (Å²) in [6.07, 6.45) is 16.0. The first-order valence-electron chi connectivity index (χ1n) is 8.74. The van der Waals surface area contributed by atoms with Gasteiger partial charge in [0, 0.05) is 34.4 Å². The van der Waals surface area contributed by atoms with Crippen LogP contribution in [0.25, 0.3) is 35.2 Å². The van der Waals surface area contributed by atoms with E-state index < -0.39 is 0 Å². The minimum Gasteiger partial charge on any atom is -0.344 e. The minimum absolute atomic E-state index is 0.283. The zero-order valence-corrected chi connectivity index (χ0v) is 14.2. The molecule has 1 heterocycles. The van der Waals surface area contributed by atoms with Gasteiger partial charge < -0.3 is 4.57 Å². The van der Waals surface area contributed by atoms with Gasteiger partial charge in [-0.05, 0) is 28.8 Å². The summed E-state index contributed by atoms with van der Waals surface area (Å²) in [6, 6.07) is 17.2.